The molecule has 1 aromatic carbocycles. The van der Waals surface area contributed by atoms with E-state index in [4.69, 9.17) is 14.2 Å². The normalized spacial score (nSPS) is 19.0. The molecule has 0 saturated heterocycles. The molecule has 1 aliphatic heterocycles. The SMILES string of the molecule is COC(=O)C1=C(C)N=C(C)C(C(=O)OC)C1c1cc(C)c(C)cc1C(=O)OC. The Morgan fingerprint density at radius 1 is 0.857 bits per heavy atom. The number of aryl methyl sites for hydroxylation is 2. The van der Waals surface area contributed by atoms with E-state index in [1.807, 2.05) is 13.8 Å². The third-order valence-electron chi connectivity index (χ3n) is 5.09. The number of allylic oxidation sites excluding steroid dienone is 1. The Labute approximate surface area is 164 Å². The molecule has 0 radical (unpaired) electrons. The Bertz CT molecular complexity index is 896. The summed E-state index contributed by atoms with van der Waals surface area (Å²) in [5, 5.41) is 0. The Hall–Kier alpha value is -2.96. The number of hydrogen-bond donors (Lipinski definition) is 0. The van der Waals surface area contributed by atoms with Gasteiger partial charge >= 0.3 is 17.9 Å². The predicted molar refractivity (Wildman–Crippen MR) is 103 cm³/mol. The molecule has 0 saturated carbocycles. The average molecular weight is 387 g/mol. The summed E-state index contributed by atoms with van der Waals surface area (Å²) in [6.45, 7) is 7.14. The molecule has 1 aliphatic rings. The zero-order chi connectivity index (χ0) is 21.2. The number of rotatable bonds is 4. The van der Waals surface area contributed by atoms with Gasteiger partial charge in [-0.05, 0) is 50.5 Å². The van der Waals surface area contributed by atoms with Gasteiger partial charge in [0, 0.05) is 17.3 Å². The predicted octanol–water partition coefficient (Wildman–Crippen LogP) is 2.88. The van der Waals surface area contributed by atoms with Crippen molar-refractivity contribution in [1.82, 2.24) is 0 Å². The number of hydrogen-bond acceptors (Lipinski definition) is 7. The fraction of sp³-hybridized carbons (Fsp3) is 0.429. The molecule has 0 amide bonds. The number of methoxy groups -OCH3 is 3. The van der Waals surface area contributed by atoms with Gasteiger partial charge in [0.25, 0.3) is 0 Å². The Morgan fingerprint density at radius 2 is 1.43 bits per heavy atom. The zero-order valence-electron chi connectivity index (χ0n) is 17.2. The van der Waals surface area contributed by atoms with Crippen LogP contribution in [0.5, 0.6) is 0 Å². The second-order valence-corrected chi connectivity index (χ2v) is 6.74. The zero-order valence-corrected chi connectivity index (χ0v) is 17.2. The number of nitrogens with zero attached hydrogens (tertiary/aromatic N) is 1. The topological polar surface area (TPSA) is 91.3 Å². The van der Waals surface area contributed by atoms with Gasteiger partial charge in [-0.3, -0.25) is 9.79 Å². The summed E-state index contributed by atoms with van der Waals surface area (Å²) >= 11 is 0. The van der Waals surface area contributed by atoms with Gasteiger partial charge in [-0.25, -0.2) is 9.59 Å². The van der Waals surface area contributed by atoms with Crippen LogP contribution < -0.4 is 0 Å². The van der Waals surface area contributed by atoms with Crippen LogP contribution >= 0.6 is 0 Å². The van der Waals surface area contributed by atoms with E-state index in [1.54, 1.807) is 26.0 Å². The Balaban J connectivity index is 2.88. The van der Waals surface area contributed by atoms with E-state index >= 15 is 0 Å². The second kappa shape index (κ2) is 8.37. The van der Waals surface area contributed by atoms with Gasteiger partial charge in [0.15, 0.2) is 0 Å². The summed E-state index contributed by atoms with van der Waals surface area (Å²) in [5.41, 5.74) is 3.73. The van der Waals surface area contributed by atoms with Crippen molar-refractivity contribution in [2.24, 2.45) is 10.9 Å². The average Bonchev–Trinajstić information content (AvgIpc) is 2.67. The van der Waals surface area contributed by atoms with Gasteiger partial charge in [0.1, 0.15) is 5.92 Å². The number of carbonyl (C=O) groups is 3. The van der Waals surface area contributed by atoms with Gasteiger partial charge in [0.05, 0.1) is 32.5 Å². The number of ether oxygens (including phenoxy) is 3. The first-order valence-corrected chi connectivity index (χ1v) is 8.79. The van der Waals surface area contributed by atoms with Crippen LogP contribution in [-0.4, -0.2) is 44.9 Å². The lowest BCUT2D eigenvalue weighted by Gasteiger charge is -2.32. The minimum absolute atomic E-state index is 0.219. The minimum atomic E-state index is -0.867. The smallest absolute Gasteiger partial charge is 0.338 e. The molecule has 0 fully saturated rings. The van der Waals surface area contributed by atoms with Crippen molar-refractivity contribution in [1.29, 1.82) is 0 Å². The highest BCUT2D eigenvalue weighted by Crippen LogP contribution is 2.42. The molecular formula is C21H25NO6. The maximum absolute atomic E-state index is 12.6. The van der Waals surface area contributed by atoms with Gasteiger partial charge in [-0.1, -0.05) is 6.07 Å². The highest BCUT2D eigenvalue weighted by molar-refractivity contribution is 6.07. The molecular weight excluding hydrogens is 362 g/mol. The quantitative estimate of drug-likeness (QED) is 0.583. The van der Waals surface area contributed by atoms with Crippen molar-refractivity contribution in [3.63, 3.8) is 0 Å². The van der Waals surface area contributed by atoms with Crippen molar-refractivity contribution in [2.75, 3.05) is 21.3 Å². The van der Waals surface area contributed by atoms with E-state index < -0.39 is 29.7 Å². The van der Waals surface area contributed by atoms with Crippen molar-refractivity contribution in [2.45, 2.75) is 33.6 Å². The molecule has 150 valence electrons. The number of carbonyl (C=O) groups excluding carboxylic acids is 3. The fourth-order valence-electron chi connectivity index (χ4n) is 3.56. The molecule has 0 N–H and O–H groups in total. The third kappa shape index (κ3) is 3.69. The monoisotopic (exact) mass is 387 g/mol. The highest BCUT2D eigenvalue weighted by Gasteiger charge is 2.43. The van der Waals surface area contributed by atoms with Crippen LogP contribution in [0.15, 0.2) is 28.4 Å². The Morgan fingerprint density at radius 3 is 1.96 bits per heavy atom. The molecule has 0 aliphatic carbocycles. The maximum atomic E-state index is 12.6. The summed E-state index contributed by atoms with van der Waals surface area (Å²) in [4.78, 5) is 42.1. The van der Waals surface area contributed by atoms with E-state index in [0.717, 1.165) is 11.1 Å². The molecule has 0 aromatic heterocycles. The first kappa shape index (κ1) is 21.3. The van der Waals surface area contributed by atoms with Crippen molar-refractivity contribution >= 4 is 23.6 Å². The van der Waals surface area contributed by atoms with Crippen LogP contribution in [0.25, 0.3) is 0 Å². The molecule has 2 atom stereocenters. The second-order valence-electron chi connectivity index (χ2n) is 6.74. The highest BCUT2D eigenvalue weighted by atomic mass is 16.5. The summed E-state index contributed by atoms with van der Waals surface area (Å²) in [6, 6.07) is 3.51. The molecule has 2 unspecified atom stereocenters. The van der Waals surface area contributed by atoms with Gasteiger partial charge in [-0.2, -0.15) is 0 Å². The summed E-state index contributed by atoms with van der Waals surface area (Å²) in [5.74, 6) is -3.36. The van der Waals surface area contributed by atoms with Crippen LogP contribution in [0.4, 0.5) is 0 Å². The van der Waals surface area contributed by atoms with E-state index in [-0.39, 0.29) is 11.1 Å². The number of benzene rings is 1. The Kier molecular flexibility index (Phi) is 6.38. The first-order valence-electron chi connectivity index (χ1n) is 8.79. The van der Waals surface area contributed by atoms with Gasteiger partial charge < -0.3 is 14.2 Å². The molecule has 7 nitrogen and oxygen atoms in total. The lowest BCUT2D eigenvalue weighted by molar-refractivity contribution is -0.143. The van der Waals surface area contributed by atoms with E-state index in [1.165, 1.54) is 21.3 Å². The lowest BCUT2D eigenvalue weighted by atomic mass is 9.73. The summed E-state index contributed by atoms with van der Waals surface area (Å²) in [7, 11) is 3.83. The van der Waals surface area contributed by atoms with Crippen LogP contribution in [0.2, 0.25) is 0 Å². The van der Waals surface area contributed by atoms with E-state index in [9.17, 15) is 14.4 Å². The van der Waals surface area contributed by atoms with Crippen molar-refractivity contribution < 1.29 is 28.6 Å². The summed E-state index contributed by atoms with van der Waals surface area (Å²) in [6.07, 6.45) is 0. The fourth-order valence-corrected chi connectivity index (χ4v) is 3.56. The van der Waals surface area contributed by atoms with E-state index in [2.05, 4.69) is 4.99 Å². The van der Waals surface area contributed by atoms with Crippen LogP contribution in [0, 0.1) is 19.8 Å². The van der Waals surface area contributed by atoms with Gasteiger partial charge in [0.2, 0.25) is 0 Å². The number of aliphatic imine (C=N–C) groups is 1. The maximum Gasteiger partial charge on any atom is 0.338 e. The lowest BCUT2D eigenvalue weighted by Crippen LogP contribution is -2.36. The van der Waals surface area contributed by atoms with Gasteiger partial charge in [-0.15, -0.1) is 0 Å². The molecule has 28 heavy (non-hydrogen) atoms. The molecule has 1 heterocycles. The van der Waals surface area contributed by atoms with Crippen molar-refractivity contribution in [3.8, 4) is 0 Å². The summed E-state index contributed by atoms with van der Waals surface area (Å²) < 4.78 is 14.9. The molecule has 2 rings (SSSR count). The molecule has 7 heteroatoms. The molecule has 0 spiro atoms. The van der Waals surface area contributed by atoms with Crippen molar-refractivity contribution in [3.05, 3.63) is 45.7 Å². The number of esters is 3. The molecule has 1 aromatic rings. The van der Waals surface area contributed by atoms with Crippen LogP contribution in [-0.2, 0) is 23.8 Å². The minimum Gasteiger partial charge on any atom is -0.468 e. The third-order valence-corrected chi connectivity index (χ3v) is 5.09. The molecule has 0 bridgehead atoms. The largest absolute Gasteiger partial charge is 0.468 e. The standard InChI is InChI=1S/C21H25NO6/c1-10-8-14(15(9-11(10)2)19(23)26-5)18-16(20(24)27-6)12(3)22-13(4)17(18)21(25)28-7/h8-9,16,18H,1-7H3. The first-order chi connectivity index (χ1) is 13.2. The van der Waals surface area contributed by atoms with E-state index in [0.29, 0.717) is 17.0 Å². The van der Waals surface area contributed by atoms with Crippen LogP contribution in [0.3, 0.4) is 0 Å². The van der Waals surface area contributed by atoms with Crippen LogP contribution in [0.1, 0.15) is 46.8 Å².